The molecule has 1 heterocycles. The lowest BCUT2D eigenvalue weighted by Gasteiger charge is -2.23. The molecule has 7 atom stereocenters. The number of rotatable bonds is 31. The number of carbonyl (C=O) groups excluding carboxylic acids is 9. The number of ether oxygens (including phenoxy) is 9. The van der Waals surface area contributed by atoms with Crippen molar-refractivity contribution in [1.29, 1.82) is 0 Å². The summed E-state index contributed by atoms with van der Waals surface area (Å²) in [5.41, 5.74) is 22.1. The van der Waals surface area contributed by atoms with Crippen LogP contribution in [0.2, 0.25) is 0 Å². The summed E-state index contributed by atoms with van der Waals surface area (Å²) < 4.78 is 46.0. The first-order valence-corrected chi connectivity index (χ1v) is 43.5. The average Bonchev–Trinajstić information content (AvgIpc) is 1.80. The van der Waals surface area contributed by atoms with Gasteiger partial charge in [0.15, 0.2) is 0 Å². The summed E-state index contributed by atoms with van der Waals surface area (Å²) in [4.78, 5) is 102. The zero-order valence-electron chi connectivity index (χ0n) is 76.2. The van der Waals surface area contributed by atoms with Gasteiger partial charge >= 0.3 is 53.7 Å². The molecule has 0 amide bonds. The highest BCUT2D eigenvalue weighted by Gasteiger charge is 2.29. The Morgan fingerprint density at radius 3 is 0.823 bits per heavy atom. The standard InChI is InChI=1S/C12H22O2.2C11H20O2.2C10H21NO2.C10H18O2.C9H17NO2.C9H19NO2.C7H15NO2.CH4/c1-9(2)10(3)14-12(13)11-7-5-4-6-8-11;2*1-9(2)8-13-11(12)10-6-4-3-5-7-10;1-7(2)5-9(11)10(12)13-6-8(3)4;1-6(2)8(5)13-10(12)9(11)7(3)4;1-8(2)7-12-10(11)9-5-3-4-6-9;1-7(2)6-12-9(11)8-4-3-5-10-8;1-6(2)5-12-9(11)8(10)7(3)4;1-5(2)4-10-7(9)6(3)8;/h9-11H,4-8H2,1-3H3;2*9-10H,3-8H2,1-2H3;7-9H,5-6,11H2,1-4H3;6-9H,11H2,1-5H3;8-9H,3-7H2,1-2H3;7-8,10H,3-6H2,1-2H3;6-8H,5,10H2,1-4H3;5-6H,4,8H2,1-3H3;1H4. The molecule has 1 saturated heterocycles. The monoisotopic (exact) mass is 1620 g/mol. The Labute approximate surface area is 690 Å². The van der Waals surface area contributed by atoms with Crippen LogP contribution in [0.4, 0.5) is 0 Å². The molecule has 5 rings (SSSR count). The van der Waals surface area contributed by atoms with Crippen LogP contribution >= 0.6 is 0 Å². The van der Waals surface area contributed by atoms with Crippen molar-refractivity contribution in [2.45, 2.75) is 378 Å². The second kappa shape index (κ2) is 70.1. The van der Waals surface area contributed by atoms with Crippen molar-refractivity contribution in [1.82, 2.24) is 5.32 Å². The lowest BCUT2D eigenvalue weighted by Crippen LogP contribution is -2.39. The van der Waals surface area contributed by atoms with Crippen LogP contribution in [0.1, 0.15) is 336 Å². The third kappa shape index (κ3) is 67.7. The van der Waals surface area contributed by atoms with Crippen molar-refractivity contribution in [3.63, 3.8) is 0 Å². The molecule has 5 fully saturated rings. The number of nitrogens with one attached hydrogen (secondary N) is 1. The molecule has 23 nitrogen and oxygen atoms in total. The highest BCUT2D eigenvalue weighted by molar-refractivity contribution is 5.78. The summed E-state index contributed by atoms with van der Waals surface area (Å²) in [7, 11) is 0. The predicted molar refractivity (Wildman–Crippen MR) is 458 cm³/mol. The Balaban J connectivity index is -0.000000387. The lowest BCUT2D eigenvalue weighted by molar-refractivity contribution is -0.156. The normalized spacial score (nSPS) is 17.4. The fourth-order valence-corrected chi connectivity index (χ4v) is 10.6. The highest BCUT2D eigenvalue weighted by Crippen LogP contribution is 2.29. The maximum absolute atomic E-state index is 11.7. The van der Waals surface area contributed by atoms with Gasteiger partial charge in [-0.05, 0) is 169 Å². The van der Waals surface area contributed by atoms with Gasteiger partial charge in [-0.3, -0.25) is 43.2 Å². The van der Waals surface area contributed by atoms with Gasteiger partial charge in [0.1, 0.15) is 42.4 Å². The van der Waals surface area contributed by atoms with Gasteiger partial charge in [0.05, 0.1) is 69.9 Å². The Morgan fingerprint density at radius 2 is 0.549 bits per heavy atom. The maximum Gasteiger partial charge on any atom is 0.323 e. The van der Waals surface area contributed by atoms with E-state index in [-0.39, 0.29) is 115 Å². The van der Waals surface area contributed by atoms with Crippen molar-refractivity contribution in [3.8, 4) is 0 Å². The third-order valence-corrected chi connectivity index (χ3v) is 18.6. The van der Waals surface area contributed by atoms with E-state index in [0.29, 0.717) is 112 Å². The second-order valence-electron chi connectivity index (χ2n) is 36.1. The molecule has 4 aliphatic carbocycles. The van der Waals surface area contributed by atoms with Crippen LogP contribution in [0.15, 0.2) is 0 Å². The zero-order chi connectivity index (χ0) is 86.8. The van der Waals surface area contributed by atoms with Gasteiger partial charge in [-0.25, -0.2) is 0 Å². The third-order valence-electron chi connectivity index (χ3n) is 18.6. The van der Waals surface area contributed by atoms with E-state index in [1.807, 2.05) is 125 Å². The van der Waals surface area contributed by atoms with Gasteiger partial charge in [0.2, 0.25) is 0 Å². The van der Waals surface area contributed by atoms with Gasteiger partial charge in [0.25, 0.3) is 0 Å². The van der Waals surface area contributed by atoms with Crippen molar-refractivity contribution < 1.29 is 85.8 Å². The molecule has 0 aromatic rings. The van der Waals surface area contributed by atoms with Gasteiger partial charge in [-0.1, -0.05) is 244 Å². The summed E-state index contributed by atoms with van der Waals surface area (Å²) in [6, 6.07) is -1.98. The quantitative estimate of drug-likeness (QED) is 0.0318. The Kier molecular flexibility index (Phi) is 72.3. The average molecular weight is 1620 g/mol. The molecule has 670 valence electrons. The minimum absolute atomic E-state index is 0. The molecule has 7 unspecified atom stereocenters. The van der Waals surface area contributed by atoms with Crippen molar-refractivity contribution in [2.75, 3.05) is 52.8 Å². The number of hydrogen-bond donors (Lipinski definition) is 5. The van der Waals surface area contributed by atoms with Crippen LogP contribution in [0, 0.1) is 94.7 Å². The van der Waals surface area contributed by atoms with Crippen LogP contribution in [-0.4, -0.2) is 149 Å². The van der Waals surface area contributed by atoms with Gasteiger partial charge in [0, 0.05) is 0 Å². The van der Waals surface area contributed by atoms with Gasteiger partial charge in [-0.15, -0.1) is 0 Å². The van der Waals surface area contributed by atoms with E-state index < -0.39 is 24.2 Å². The van der Waals surface area contributed by atoms with Crippen LogP contribution in [0.3, 0.4) is 0 Å². The van der Waals surface area contributed by atoms with E-state index in [0.717, 1.165) is 70.8 Å². The number of esters is 9. The Hall–Kier alpha value is -4.97. The summed E-state index contributed by atoms with van der Waals surface area (Å²) in [6.45, 7) is 58.4. The van der Waals surface area contributed by atoms with Crippen molar-refractivity contribution in [2.24, 2.45) is 118 Å². The molecule has 1 aliphatic heterocycles. The topological polar surface area (TPSA) is 353 Å². The van der Waals surface area contributed by atoms with E-state index in [4.69, 9.17) is 65.6 Å². The van der Waals surface area contributed by atoms with Crippen LogP contribution < -0.4 is 28.3 Å². The molecule has 0 radical (unpaired) electrons. The van der Waals surface area contributed by atoms with Gasteiger partial charge < -0.3 is 70.9 Å². The fraction of sp³-hybridized carbons (Fsp3) is 0.900. The number of carbonyl (C=O) groups is 9. The summed E-state index contributed by atoms with van der Waals surface area (Å²) >= 11 is 0. The molecule has 0 aromatic heterocycles. The largest absolute Gasteiger partial charge is 0.465 e. The van der Waals surface area contributed by atoms with Gasteiger partial charge in [-0.2, -0.15) is 0 Å². The minimum atomic E-state index is -0.501. The van der Waals surface area contributed by atoms with E-state index >= 15 is 0 Å². The molecule has 4 saturated carbocycles. The van der Waals surface area contributed by atoms with Crippen LogP contribution in [0.5, 0.6) is 0 Å². The van der Waals surface area contributed by atoms with Crippen LogP contribution in [-0.2, 0) is 85.8 Å². The summed E-state index contributed by atoms with van der Waals surface area (Å²) in [6.07, 6.45) is 24.4. The van der Waals surface area contributed by atoms with E-state index in [1.54, 1.807) is 6.92 Å². The second-order valence-corrected chi connectivity index (χ2v) is 36.1. The number of nitrogens with two attached hydrogens (primary N) is 4. The van der Waals surface area contributed by atoms with E-state index in [9.17, 15) is 43.2 Å². The lowest BCUT2D eigenvalue weighted by atomic mass is 9.89. The molecular weight excluding hydrogens is 1440 g/mol. The Morgan fingerprint density at radius 1 is 0.283 bits per heavy atom. The fourth-order valence-electron chi connectivity index (χ4n) is 10.6. The van der Waals surface area contributed by atoms with Crippen LogP contribution in [0.25, 0.3) is 0 Å². The van der Waals surface area contributed by atoms with E-state index in [1.165, 1.54) is 70.6 Å². The number of hydrogen-bond acceptors (Lipinski definition) is 23. The Bertz CT molecular complexity index is 2300. The molecular formula is C90H177N5O18. The zero-order valence-corrected chi connectivity index (χ0v) is 76.2. The molecule has 23 heteroatoms. The molecule has 0 spiro atoms. The summed E-state index contributed by atoms with van der Waals surface area (Å²) in [5.74, 6) is 4.02. The van der Waals surface area contributed by atoms with E-state index in [2.05, 4.69) is 60.7 Å². The first-order chi connectivity index (χ1) is 52.2. The first-order valence-electron chi connectivity index (χ1n) is 43.5. The smallest absolute Gasteiger partial charge is 0.323 e. The molecule has 9 N–H and O–H groups in total. The SMILES string of the molecule is C.CC(C)C(C)OC(=O)C(N)C(C)C.CC(C)C(C)OC(=O)C1CCCCC1.CC(C)COC(=O)C(C)N.CC(C)COC(=O)C(N)C(C)C.CC(C)COC(=O)C(N)CC(C)C.CC(C)COC(=O)C1CCCC1.CC(C)COC(=O)C1CCCCC1.CC(C)COC(=O)C1CCCCC1.CC(C)COC(=O)C1CCCN1. The van der Waals surface area contributed by atoms with Crippen molar-refractivity contribution >= 4 is 53.7 Å². The molecule has 0 aromatic carbocycles. The minimum Gasteiger partial charge on any atom is -0.465 e. The maximum atomic E-state index is 11.7. The van der Waals surface area contributed by atoms with Crippen molar-refractivity contribution in [3.05, 3.63) is 0 Å². The highest BCUT2D eigenvalue weighted by atomic mass is 16.6. The first kappa shape index (κ1) is 117. The summed E-state index contributed by atoms with van der Waals surface area (Å²) in [5, 5.41) is 3.11. The molecule has 113 heavy (non-hydrogen) atoms. The predicted octanol–water partition coefficient (Wildman–Crippen LogP) is 17.5. The molecule has 5 aliphatic rings. The molecule has 0 bridgehead atoms.